The molecule has 0 saturated carbocycles. The Kier molecular flexibility index (Phi) is 6.22. The van der Waals surface area contributed by atoms with E-state index in [4.69, 9.17) is 9.47 Å². The Bertz CT molecular complexity index is 884. The third-order valence-electron chi connectivity index (χ3n) is 4.22. The molecule has 1 aliphatic rings. The van der Waals surface area contributed by atoms with Crippen molar-refractivity contribution < 1.29 is 23.9 Å². The van der Waals surface area contributed by atoms with E-state index in [1.807, 2.05) is 31.2 Å². The van der Waals surface area contributed by atoms with Gasteiger partial charge < -0.3 is 9.47 Å². The largest absolute Gasteiger partial charge is 0.493 e. The molecule has 0 aliphatic carbocycles. The van der Waals surface area contributed by atoms with E-state index in [1.165, 1.54) is 6.08 Å². The van der Waals surface area contributed by atoms with Gasteiger partial charge in [-0.05, 0) is 30.7 Å². The number of carbonyl (C=O) groups is 3. The fourth-order valence-corrected chi connectivity index (χ4v) is 2.85. The van der Waals surface area contributed by atoms with Crippen molar-refractivity contribution in [1.29, 1.82) is 0 Å². The molecule has 0 spiro atoms. The molecule has 0 bridgehead atoms. The molecule has 144 valence electrons. The van der Waals surface area contributed by atoms with Crippen molar-refractivity contribution in [3.05, 3.63) is 71.3 Å². The van der Waals surface area contributed by atoms with Crippen LogP contribution in [0, 0.1) is 0 Å². The minimum atomic E-state index is -0.554. The van der Waals surface area contributed by atoms with E-state index in [0.29, 0.717) is 23.5 Å². The lowest BCUT2D eigenvalue weighted by molar-refractivity contribution is -0.137. The van der Waals surface area contributed by atoms with Crippen LogP contribution in [0.15, 0.2) is 54.6 Å². The third kappa shape index (κ3) is 4.28. The topological polar surface area (TPSA) is 72.9 Å². The van der Waals surface area contributed by atoms with Crippen LogP contribution in [0.3, 0.4) is 0 Å². The molecule has 0 N–H and O–H groups in total. The highest BCUT2D eigenvalue weighted by atomic mass is 16.5. The van der Waals surface area contributed by atoms with E-state index in [2.05, 4.69) is 0 Å². The smallest absolute Gasteiger partial charge is 0.330 e. The molecule has 2 aromatic carbocycles. The number of hydrogen-bond donors (Lipinski definition) is 0. The van der Waals surface area contributed by atoms with Crippen LogP contribution < -0.4 is 4.74 Å². The van der Waals surface area contributed by atoms with Crippen LogP contribution in [0.2, 0.25) is 0 Å². The molecule has 0 radical (unpaired) electrons. The monoisotopic (exact) mass is 379 g/mol. The average molecular weight is 379 g/mol. The van der Waals surface area contributed by atoms with Gasteiger partial charge in [-0.25, -0.2) is 4.79 Å². The predicted molar refractivity (Wildman–Crippen MR) is 104 cm³/mol. The van der Waals surface area contributed by atoms with E-state index in [9.17, 15) is 14.4 Å². The minimum Gasteiger partial charge on any atom is -0.493 e. The van der Waals surface area contributed by atoms with Crippen LogP contribution in [0.4, 0.5) is 0 Å². The molecule has 1 heterocycles. The number of fused-ring (bicyclic) bond motifs is 1. The lowest BCUT2D eigenvalue weighted by atomic mass is 10.1. The number of benzene rings is 2. The van der Waals surface area contributed by atoms with Crippen LogP contribution in [0.1, 0.15) is 39.6 Å². The number of amides is 2. The first kappa shape index (κ1) is 19.4. The lowest BCUT2D eigenvalue weighted by Gasteiger charge is -2.13. The Balaban J connectivity index is 1.53. The summed E-state index contributed by atoms with van der Waals surface area (Å²) in [5.74, 6) is -0.593. The summed E-state index contributed by atoms with van der Waals surface area (Å²) in [4.78, 5) is 37.6. The summed E-state index contributed by atoms with van der Waals surface area (Å²) in [5.41, 5.74) is 1.53. The second kappa shape index (κ2) is 8.99. The minimum absolute atomic E-state index is 0.0160. The maximum atomic E-state index is 12.3. The fraction of sp³-hybridized carbons (Fsp3) is 0.227. The van der Waals surface area contributed by atoms with E-state index < -0.39 is 5.97 Å². The molecule has 0 atom stereocenters. The number of esters is 1. The summed E-state index contributed by atoms with van der Waals surface area (Å²) in [6.45, 7) is 2.56. The van der Waals surface area contributed by atoms with Crippen LogP contribution in [-0.4, -0.2) is 42.4 Å². The number of imide groups is 1. The van der Waals surface area contributed by atoms with Crippen LogP contribution in [0.25, 0.3) is 6.08 Å². The molecule has 0 saturated heterocycles. The number of nitrogens with zero attached hydrogens (tertiary/aromatic N) is 1. The molecule has 6 heteroatoms. The van der Waals surface area contributed by atoms with Gasteiger partial charge in [0.25, 0.3) is 11.8 Å². The number of carbonyl (C=O) groups excluding carboxylic acids is 3. The normalized spacial score (nSPS) is 13.1. The molecule has 0 unspecified atom stereocenters. The van der Waals surface area contributed by atoms with Crippen molar-refractivity contribution in [2.75, 3.05) is 19.8 Å². The van der Waals surface area contributed by atoms with Gasteiger partial charge in [-0.15, -0.1) is 0 Å². The molecule has 28 heavy (non-hydrogen) atoms. The zero-order chi connectivity index (χ0) is 19.9. The molecular weight excluding hydrogens is 358 g/mol. The third-order valence-corrected chi connectivity index (χ3v) is 4.22. The molecule has 2 amide bonds. The Labute approximate surface area is 163 Å². The highest BCUT2D eigenvalue weighted by Crippen LogP contribution is 2.22. The van der Waals surface area contributed by atoms with Crippen molar-refractivity contribution in [3.63, 3.8) is 0 Å². The Morgan fingerprint density at radius 2 is 1.61 bits per heavy atom. The molecule has 0 aromatic heterocycles. The van der Waals surface area contributed by atoms with Gasteiger partial charge in [-0.2, -0.15) is 0 Å². The van der Waals surface area contributed by atoms with Crippen LogP contribution >= 0.6 is 0 Å². The van der Waals surface area contributed by atoms with Crippen molar-refractivity contribution in [2.45, 2.75) is 13.3 Å². The number of para-hydroxylation sites is 1. The first-order chi connectivity index (χ1) is 13.6. The first-order valence-electron chi connectivity index (χ1n) is 9.13. The summed E-state index contributed by atoms with van der Waals surface area (Å²) in [6.07, 6.45) is 3.81. The van der Waals surface area contributed by atoms with Crippen LogP contribution in [0.5, 0.6) is 5.75 Å². The van der Waals surface area contributed by atoms with Gasteiger partial charge >= 0.3 is 5.97 Å². The standard InChI is InChI=1S/C22H21NO5/c1-2-14-27-19-10-6-3-7-16(19)11-12-20(24)28-15-13-23-21(25)17-8-4-5-9-18(17)22(23)26/h3-12H,2,13-15H2,1H3/b12-11+. The Morgan fingerprint density at radius 3 is 2.29 bits per heavy atom. The summed E-state index contributed by atoms with van der Waals surface area (Å²) in [5, 5.41) is 0. The van der Waals surface area contributed by atoms with Crippen molar-refractivity contribution >= 4 is 23.9 Å². The summed E-state index contributed by atoms with van der Waals surface area (Å²) < 4.78 is 10.8. The predicted octanol–water partition coefficient (Wildman–Crippen LogP) is 3.33. The van der Waals surface area contributed by atoms with Gasteiger partial charge in [0.1, 0.15) is 12.4 Å². The zero-order valence-electron chi connectivity index (χ0n) is 15.6. The second-order valence-electron chi connectivity index (χ2n) is 6.19. The van der Waals surface area contributed by atoms with E-state index in [0.717, 1.165) is 16.9 Å². The van der Waals surface area contributed by atoms with Crippen molar-refractivity contribution in [2.24, 2.45) is 0 Å². The summed E-state index contributed by atoms with van der Waals surface area (Å²) in [6, 6.07) is 14.0. The summed E-state index contributed by atoms with van der Waals surface area (Å²) in [7, 11) is 0. The first-order valence-corrected chi connectivity index (χ1v) is 9.13. The van der Waals surface area contributed by atoms with Gasteiger partial charge in [0, 0.05) is 11.6 Å². The van der Waals surface area contributed by atoms with E-state index >= 15 is 0 Å². The second-order valence-corrected chi connectivity index (χ2v) is 6.19. The fourth-order valence-electron chi connectivity index (χ4n) is 2.85. The quantitative estimate of drug-likeness (QED) is 0.400. The SMILES string of the molecule is CCCOc1ccccc1/C=C/C(=O)OCCN1C(=O)c2ccccc2C1=O. The molecule has 6 nitrogen and oxygen atoms in total. The maximum Gasteiger partial charge on any atom is 0.330 e. The average Bonchev–Trinajstić information content (AvgIpc) is 2.96. The van der Waals surface area contributed by atoms with Gasteiger partial charge in [0.15, 0.2) is 0 Å². The van der Waals surface area contributed by atoms with Gasteiger partial charge in [-0.3, -0.25) is 14.5 Å². The molecule has 1 aliphatic heterocycles. The summed E-state index contributed by atoms with van der Waals surface area (Å²) >= 11 is 0. The van der Waals surface area contributed by atoms with Gasteiger partial charge in [0.2, 0.25) is 0 Å². The zero-order valence-corrected chi connectivity index (χ0v) is 15.6. The molecule has 2 aromatic rings. The maximum absolute atomic E-state index is 12.3. The molecular formula is C22H21NO5. The van der Waals surface area contributed by atoms with Gasteiger partial charge in [-0.1, -0.05) is 37.3 Å². The van der Waals surface area contributed by atoms with Crippen molar-refractivity contribution in [3.8, 4) is 5.75 Å². The molecule has 3 rings (SSSR count). The number of ether oxygens (including phenoxy) is 2. The van der Waals surface area contributed by atoms with Crippen LogP contribution in [-0.2, 0) is 9.53 Å². The molecule has 0 fully saturated rings. The lowest BCUT2D eigenvalue weighted by Crippen LogP contribution is -2.33. The Morgan fingerprint density at radius 1 is 0.964 bits per heavy atom. The highest BCUT2D eigenvalue weighted by molar-refractivity contribution is 6.21. The van der Waals surface area contributed by atoms with E-state index in [1.54, 1.807) is 30.3 Å². The van der Waals surface area contributed by atoms with Crippen molar-refractivity contribution in [1.82, 2.24) is 4.90 Å². The Hall–Kier alpha value is -3.41. The highest BCUT2D eigenvalue weighted by Gasteiger charge is 2.34. The van der Waals surface area contributed by atoms with Gasteiger partial charge in [0.05, 0.1) is 24.3 Å². The number of hydrogen-bond acceptors (Lipinski definition) is 5. The number of rotatable bonds is 8. The van der Waals surface area contributed by atoms with E-state index in [-0.39, 0.29) is 25.0 Å².